The number of nitrogens with zero attached hydrogens (tertiary/aromatic N) is 4. The summed E-state index contributed by atoms with van der Waals surface area (Å²) in [5.41, 5.74) is 0.913. The summed E-state index contributed by atoms with van der Waals surface area (Å²) in [4.78, 5) is 24.0. The van der Waals surface area contributed by atoms with Crippen LogP contribution in [0.4, 0.5) is 0 Å². The lowest BCUT2D eigenvalue weighted by atomic mass is 10.1. The Balaban J connectivity index is 1.51. The molecule has 0 aliphatic carbocycles. The van der Waals surface area contributed by atoms with Gasteiger partial charge in [0.25, 0.3) is 5.91 Å². The molecular weight excluding hydrogens is 364 g/mol. The van der Waals surface area contributed by atoms with E-state index in [1.54, 1.807) is 6.20 Å². The summed E-state index contributed by atoms with van der Waals surface area (Å²) < 4.78 is 7.69. The smallest absolute Gasteiger partial charge is 0.261 e. The third kappa shape index (κ3) is 4.16. The largest absolute Gasteiger partial charge is 0.484 e. The van der Waals surface area contributed by atoms with Crippen molar-refractivity contribution in [2.45, 2.75) is 38.6 Å². The predicted molar refractivity (Wildman–Crippen MR) is 111 cm³/mol. The number of aromatic nitrogens is 3. The zero-order valence-electron chi connectivity index (χ0n) is 16.9. The molecule has 6 nitrogen and oxygen atoms in total. The number of pyridine rings is 1. The molecule has 1 aromatic carbocycles. The summed E-state index contributed by atoms with van der Waals surface area (Å²) in [6, 6.07) is 15.4. The summed E-state index contributed by atoms with van der Waals surface area (Å²) in [7, 11) is 0. The Labute approximate surface area is 171 Å². The van der Waals surface area contributed by atoms with Gasteiger partial charge >= 0.3 is 0 Å². The van der Waals surface area contributed by atoms with Crippen LogP contribution in [0.15, 0.2) is 60.9 Å². The fourth-order valence-electron chi connectivity index (χ4n) is 3.81. The van der Waals surface area contributed by atoms with Gasteiger partial charge in [-0.1, -0.05) is 38.1 Å². The quantitative estimate of drug-likeness (QED) is 0.635. The lowest BCUT2D eigenvalue weighted by Crippen LogP contribution is -2.34. The van der Waals surface area contributed by atoms with Gasteiger partial charge < -0.3 is 9.64 Å². The van der Waals surface area contributed by atoms with E-state index in [1.807, 2.05) is 64.2 Å². The van der Waals surface area contributed by atoms with E-state index in [2.05, 4.69) is 18.8 Å². The number of rotatable bonds is 6. The number of carbonyl (C=O) groups excluding carboxylic acids is 1. The minimum absolute atomic E-state index is 0.00550. The molecule has 3 aromatic rings. The molecular formula is C23H26N4O2. The Morgan fingerprint density at radius 1 is 1.17 bits per heavy atom. The van der Waals surface area contributed by atoms with Crippen LogP contribution in [0, 0.1) is 0 Å². The van der Waals surface area contributed by atoms with E-state index in [-0.39, 0.29) is 18.6 Å². The van der Waals surface area contributed by atoms with Gasteiger partial charge in [0.1, 0.15) is 17.4 Å². The van der Waals surface area contributed by atoms with Gasteiger partial charge in [0.2, 0.25) is 0 Å². The lowest BCUT2D eigenvalue weighted by Gasteiger charge is -2.25. The van der Waals surface area contributed by atoms with Crippen molar-refractivity contribution in [3.05, 3.63) is 72.4 Å². The third-order valence-electron chi connectivity index (χ3n) is 5.21. The predicted octanol–water partition coefficient (Wildman–Crippen LogP) is 4.13. The molecule has 0 spiro atoms. The Morgan fingerprint density at radius 2 is 2.00 bits per heavy atom. The fraction of sp³-hybridized carbons (Fsp3) is 0.348. The molecule has 0 saturated carbocycles. The maximum Gasteiger partial charge on any atom is 0.261 e. The van der Waals surface area contributed by atoms with Crippen LogP contribution in [0.1, 0.15) is 50.2 Å². The van der Waals surface area contributed by atoms with Crippen LogP contribution in [0.2, 0.25) is 0 Å². The van der Waals surface area contributed by atoms with Gasteiger partial charge in [0.05, 0.1) is 11.7 Å². The highest BCUT2D eigenvalue weighted by atomic mass is 16.5. The molecule has 29 heavy (non-hydrogen) atoms. The van der Waals surface area contributed by atoms with Gasteiger partial charge in [-0.3, -0.25) is 9.36 Å². The highest BCUT2D eigenvalue weighted by Gasteiger charge is 2.31. The number of amides is 1. The van der Waals surface area contributed by atoms with E-state index in [4.69, 9.17) is 9.72 Å². The Kier molecular flexibility index (Phi) is 5.60. The molecule has 1 amide bonds. The van der Waals surface area contributed by atoms with Crippen LogP contribution in [0.5, 0.6) is 5.75 Å². The molecule has 3 heterocycles. The van der Waals surface area contributed by atoms with Crippen molar-refractivity contribution in [2.24, 2.45) is 0 Å². The van der Waals surface area contributed by atoms with E-state index in [9.17, 15) is 4.79 Å². The number of imidazole rings is 1. The highest BCUT2D eigenvalue weighted by molar-refractivity contribution is 5.78. The monoisotopic (exact) mass is 390 g/mol. The van der Waals surface area contributed by atoms with Crippen LogP contribution < -0.4 is 4.74 Å². The summed E-state index contributed by atoms with van der Waals surface area (Å²) in [6.45, 7) is 5.01. The number of hydrogen-bond donors (Lipinski definition) is 0. The number of likely N-dealkylation sites (tertiary alicyclic amines) is 1. The van der Waals surface area contributed by atoms with Crippen molar-refractivity contribution >= 4 is 5.91 Å². The summed E-state index contributed by atoms with van der Waals surface area (Å²) in [5.74, 6) is 2.82. The first-order chi connectivity index (χ1) is 14.1. The minimum Gasteiger partial charge on any atom is -0.484 e. The maximum atomic E-state index is 12.8. The zero-order valence-corrected chi connectivity index (χ0v) is 16.9. The molecule has 1 saturated heterocycles. The molecule has 4 rings (SSSR count). The van der Waals surface area contributed by atoms with Crippen molar-refractivity contribution in [2.75, 3.05) is 13.2 Å². The first-order valence-corrected chi connectivity index (χ1v) is 10.1. The van der Waals surface area contributed by atoms with Crippen LogP contribution in [-0.2, 0) is 4.79 Å². The van der Waals surface area contributed by atoms with Crippen molar-refractivity contribution in [1.29, 1.82) is 0 Å². The normalized spacial score (nSPS) is 16.4. The Hall–Kier alpha value is -3.15. The first kappa shape index (κ1) is 19.2. The van der Waals surface area contributed by atoms with Crippen molar-refractivity contribution < 1.29 is 9.53 Å². The van der Waals surface area contributed by atoms with Crippen molar-refractivity contribution in [1.82, 2.24) is 19.4 Å². The highest BCUT2D eigenvalue weighted by Crippen LogP contribution is 2.31. The minimum atomic E-state index is -0.0205. The maximum absolute atomic E-state index is 12.8. The van der Waals surface area contributed by atoms with E-state index in [0.29, 0.717) is 11.7 Å². The zero-order chi connectivity index (χ0) is 20.2. The van der Waals surface area contributed by atoms with E-state index < -0.39 is 0 Å². The number of carbonyl (C=O) groups is 1. The van der Waals surface area contributed by atoms with E-state index in [1.165, 1.54) is 0 Å². The summed E-state index contributed by atoms with van der Waals surface area (Å²) >= 11 is 0. The van der Waals surface area contributed by atoms with Crippen LogP contribution in [0.25, 0.3) is 5.82 Å². The standard InChI is InChI=1S/C23H26N4O2/c1-17(2)23-24-13-15-27(23)21-12-6-10-19(25-21)20-11-7-14-26(20)22(28)16-29-18-8-4-3-5-9-18/h3-6,8-10,12-13,15,17,20H,7,11,14,16H2,1-2H3. The Morgan fingerprint density at radius 3 is 2.79 bits per heavy atom. The molecule has 0 radical (unpaired) electrons. The number of ether oxygens (including phenoxy) is 1. The van der Waals surface area contributed by atoms with Gasteiger partial charge in [-0.15, -0.1) is 0 Å². The fourth-order valence-corrected chi connectivity index (χ4v) is 3.81. The van der Waals surface area contributed by atoms with Gasteiger partial charge in [0, 0.05) is 24.9 Å². The Bertz CT molecular complexity index is 968. The molecule has 150 valence electrons. The second kappa shape index (κ2) is 8.47. The molecule has 6 heteroatoms. The average Bonchev–Trinajstić information content (AvgIpc) is 3.42. The van der Waals surface area contributed by atoms with Gasteiger partial charge in [-0.05, 0) is 37.1 Å². The molecule has 2 aromatic heterocycles. The molecule has 0 N–H and O–H groups in total. The first-order valence-electron chi connectivity index (χ1n) is 10.1. The second-order valence-corrected chi connectivity index (χ2v) is 7.58. The second-order valence-electron chi connectivity index (χ2n) is 7.58. The van der Waals surface area contributed by atoms with Crippen LogP contribution >= 0.6 is 0 Å². The summed E-state index contributed by atoms with van der Waals surface area (Å²) in [6.07, 6.45) is 5.62. The van der Waals surface area contributed by atoms with Gasteiger partial charge in [-0.2, -0.15) is 0 Å². The molecule has 1 fully saturated rings. The van der Waals surface area contributed by atoms with Crippen LogP contribution in [0.3, 0.4) is 0 Å². The van der Waals surface area contributed by atoms with Crippen LogP contribution in [-0.4, -0.2) is 38.5 Å². The van der Waals surface area contributed by atoms with Crippen molar-refractivity contribution in [3.8, 4) is 11.6 Å². The number of hydrogen-bond acceptors (Lipinski definition) is 4. The number of para-hydroxylation sites is 1. The summed E-state index contributed by atoms with van der Waals surface area (Å²) in [5, 5.41) is 0. The molecule has 1 unspecified atom stereocenters. The molecule has 1 aliphatic heterocycles. The third-order valence-corrected chi connectivity index (χ3v) is 5.21. The SMILES string of the molecule is CC(C)c1nccn1-c1cccc(C2CCCN2C(=O)COc2ccccc2)n1. The van der Waals surface area contributed by atoms with E-state index >= 15 is 0 Å². The van der Waals surface area contributed by atoms with Crippen molar-refractivity contribution in [3.63, 3.8) is 0 Å². The average molecular weight is 390 g/mol. The van der Waals surface area contributed by atoms with Gasteiger partial charge in [-0.25, -0.2) is 9.97 Å². The molecule has 0 bridgehead atoms. The van der Waals surface area contributed by atoms with E-state index in [0.717, 1.165) is 36.7 Å². The molecule has 1 atom stereocenters. The lowest BCUT2D eigenvalue weighted by molar-refractivity contribution is -0.134. The number of benzene rings is 1. The molecule has 1 aliphatic rings. The van der Waals surface area contributed by atoms with Gasteiger partial charge in [0.15, 0.2) is 6.61 Å². The topological polar surface area (TPSA) is 60.2 Å².